The Labute approximate surface area is 96.4 Å². The number of aromatic nitrogens is 1. The molecule has 0 spiro atoms. The largest absolute Gasteiger partial charge is 0.396 e. The number of nitrogens with two attached hydrogens (primary N) is 1. The third-order valence-corrected chi connectivity index (χ3v) is 2.11. The second kappa shape index (κ2) is 4.25. The van der Waals surface area contributed by atoms with Gasteiger partial charge in [-0.1, -0.05) is 5.16 Å². The number of rotatable bonds is 2. The van der Waals surface area contributed by atoms with Crippen LogP contribution in [0.3, 0.4) is 0 Å². The number of halogens is 1. The van der Waals surface area contributed by atoms with Crippen LogP contribution in [-0.4, -0.2) is 11.1 Å². The van der Waals surface area contributed by atoms with Crippen molar-refractivity contribution in [1.29, 1.82) is 0 Å². The van der Waals surface area contributed by atoms with Crippen LogP contribution in [0.1, 0.15) is 16.2 Å². The lowest BCUT2D eigenvalue weighted by Crippen LogP contribution is -2.11. The van der Waals surface area contributed by atoms with Crippen LogP contribution in [0.4, 0.5) is 15.8 Å². The minimum absolute atomic E-state index is 0.0310. The Bertz CT molecular complexity index is 566. The zero-order valence-corrected chi connectivity index (χ0v) is 9.03. The predicted molar refractivity (Wildman–Crippen MR) is 60.0 cm³/mol. The molecular weight excluding hydrogens is 225 g/mol. The molecule has 2 aromatic rings. The monoisotopic (exact) mass is 235 g/mol. The number of anilines is 2. The molecule has 0 saturated carbocycles. The van der Waals surface area contributed by atoms with Gasteiger partial charge in [0.1, 0.15) is 5.82 Å². The number of benzene rings is 1. The molecule has 0 saturated heterocycles. The Morgan fingerprint density at radius 1 is 1.47 bits per heavy atom. The van der Waals surface area contributed by atoms with Crippen molar-refractivity contribution < 1.29 is 13.7 Å². The van der Waals surface area contributed by atoms with Gasteiger partial charge in [-0.3, -0.25) is 4.79 Å². The first-order valence-corrected chi connectivity index (χ1v) is 4.86. The van der Waals surface area contributed by atoms with Crippen LogP contribution in [-0.2, 0) is 0 Å². The number of nitrogens with one attached hydrogen (secondary N) is 1. The third-order valence-electron chi connectivity index (χ3n) is 2.11. The molecule has 0 aliphatic heterocycles. The zero-order valence-electron chi connectivity index (χ0n) is 9.03. The van der Waals surface area contributed by atoms with E-state index in [1.807, 2.05) is 0 Å². The summed E-state index contributed by atoms with van der Waals surface area (Å²) in [4.78, 5) is 11.6. The van der Waals surface area contributed by atoms with Crippen LogP contribution in [0.25, 0.3) is 0 Å². The van der Waals surface area contributed by atoms with Gasteiger partial charge in [0.2, 0.25) is 5.76 Å². The summed E-state index contributed by atoms with van der Waals surface area (Å²) in [6.07, 6.45) is 0. The van der Waals surface area contributed by atoms with Gasteiger partial charge in [0, 0.05) is 11.8 Å². The summed E-state index contributed by atoms with van der Waals surface area (Å²) >= 11 is 0. The first kappa shape index (κ1) is 11.1. The van der Waals surface area contributed by atoms with E-state index in [-0.39, 0.29) is 11.4 Å². The van der Waals surface area contributed by atoms with E-state index >= 15 is 0 Å². The SMILES string of the molecule is Cc1cc(C(=O)Nc2ccc(F)c(N)c2)on1. The first-order chi connectivity index (χ1) is 8.06. The summed E-state index contributed by atoms with van der Waals surface area (Å²) in [6.45, 7) is 1.70. The number of carbonyl (C=O) groups is 1. The average Bonchev–Trinajstić information content (AvgIpc) is 2.70. The molecule has 0 unspecified atom stereocenters. The molecule has 6 heteroatoms. The Morgan fingerprint density at radius 2 is 2.24 bits per heavy atom. The summed E-state index contributed by atoms with van der Waals surface area (Å²) in [6, 6.07) is 5.42. The van der Waals surface area contributed by atoms with E-state index in [1.165, 1.54) is 24.3 Å². The maximum absolute atomic E-state index is 12.9. The molecule has 0 aliphatic rings. The van der Waals surface area contributed by atoms with Gasteiger partial charge in [-0.05, 0) is 25.1 Å². The van der Waals surface area contributed by atoms with Crippen LogP contribution < -0.4 is 11.1 Å². The van der Waals surface area contributed by atoms with Crippen molar-refractivity contribution in [3.05, 3.63) is 41.5 Å². The molecule has 3 N–H and O–H groups in total. The van der Waals surface area contributed by atoms with Gasteiger partial charge in [-0.15, -0.1) is 0 Å². The molecule has 0 bridgehead atoms. The van der Waals surface area contributed by atoms with Gasteiger partial charge in [0.15, 0.2) is 0 Å². The molecule has 0 radical (unpaired) electrons. The number of hydrogen-bond acceptors (Lipinski definition) is 4. The quantitative estimate of drug-likeness (QED) is 0.779. The van der Waals surface area contributed by atoms with Crippen molar-refractivity contribution in [3.63, 3.8) is 0 Å². The highest BCUT2D eigenvalue weighted by molar-refractivity contribution is 6.02. The zero-order chi connectivity index (χ0) is 12.4. The van der Waals surface area contributed by atoms with E-state index in [0.717, 1.165) is 0 Å². The fraction of sp³-hybridized carbons (Fsp3) is 0.0909. The van der Waals surface area contributed by atoms with Gasteiger partial charge < -0.3 is 15.6 Å². The lowest BCUT2D eigenvalue weighted by atomic mass is 10.2. The van der Waals surface area contributed by atoms with E-state index < -0.39 is 11.7 Å². The smallest absolute Gasteiger partial charge is 0.294 e. The Kier molecular flexibility index (Phi) is 2.78. The number of carbonyl (C=O) groups excluding carboxylic acids is 1. The van der Waals surface area contributed by atoms with Crippen LogP contribution in [0.2, 0.25) is 0 Å². The fourth-order valence-electron chi connectivity index (χ4n) is 1.28. The Balaban J connectivity index is 2.15. The number of amides is 1. The second-order valence-electron chi connectivity index (χ2n) is 3.52. The summed E-state index contributed by atoms with van der Waals surface area (Å²) in [5.41, 5.74) is 6.34. The van der Waals surface area contributed by atoms with Gasteiger partial charge in [0.05, 0.1) is 11.4 Å². The molecule has 1 amide bonds. The van der Waals surface area contributed by atoms with Crippen molar-refractivity contribution in [2.45, 2.75) is 6.92 Å². The van der Waals surface area contributed by atoms with Crippen molar-refractivity contribution >= 4 is 17.3 Å². The number of aryl methyl sites for hydroxylation is 1. The van der Waals surface area contributed by atoms with Crippen molar-refractivity contribution in [2.24, 2.45) is 0 Å². The van der Waals surface area contributed by atoms with Crippen LogP contribution in [0.5, 0.6) is 0 Å². The van der Waals surface area contributed by atoms with E-state index in [9.17, 15) is 9.18 Å². The van der Waals surface area contributed by atoms with E-state index in [1.54, 1.807) is 6.92 Å². The summed E-state index contributed by atoms with van der Waals surface area (Å²) in [7, 11) is 0. The van der Waals surface area contributed by atoms with E-state index in [4.69, 9.17) is 10.3 Å². The third kappa shape index (κ3) is 2.41. The first-order valence-electron chi connectivity index (χ1n) is 4.86. The molecule has 1 aromatic heterocycles. The maximum atomic E-state index is 12.9. The van der Waals surface area contributed by atoms with Gasteiger partial charge in [-0.2, -0.15) is 0 Å². The standard InChI is InChI=1S/C11H10FN3O2/c1-6-4-10(17-15-6)11(16)14-7-2-3-8(12)9(13)5-7/h2-5H,13H2,1H3,(H,14,16). The summed E-state index contributed by atoms with van der Waals surface area (Å²) < 4.78 is 17.7. The minimum Gasteiger partial charge on any atom is -0.396 e. The molecule has 88 valence electrons. The normalized spacial score (nSPS) is 10.2. The maximum Gasteiger partial charge on any atom is 0.294 e. The van der Waals surface area contributed by atoms with Crippen molar-refractivity contribution in [3.8, 4) is 0 Å². The van der Waals surface area contributed by atoms with E-state index in [2.05, 4.69) is 10.5 Å². The topological polar surface area (TPSA) is 81.2 Å². The molecule has 5 nitrogen and oxygen atoms in total. The van der Waals surface area contributed by atoms with Crippen LogP contribution >= 0.6 is 0 Å². The molecule has 2 rings (SSSR count). The van der Waals surface area contributed by atoms with Gasteiger partial charge >= 0.3 is 0 Å². The Morgan fingerprint density at radius 3 is 2.82 bits per heavy atom. The number of hydrogen-bond donors (Lipinski definition) is 2. The molecule has 0 atom stereocenters. The van der Waals surface area contributed by atoms with Crippen molar-refractivity contribution in [2.75, 3.05) is 11.1 Å². The number of nitrogens with zero attached hydrogens (tertiary/aromatic N) is 1. The molecule has 1 aromatic carbocycles. The molecule has 1 heterocycles. The highest BCUT2D eigenvalue weighted by Gasteiger charge is 2.12. The van der Waals surface area contributed by atoms with Crippen LogP contribution in [0, 0.1) is 12.7 Å². The Hall–Kier alpha value is -2.37. The fourth-order valence-corrected chi connectivity index (χ4v) is 1.28. The second-order valence-corrected chi connectivity index (χ2v) is 3.52. The van der Waals surface area contributed by atoms with Crippen molar-refractivity contribution in [1.82, 2.24) is 5.16 Å². The molecular formula is C11H10FN3O2. The predicted octanol–water partition coefficient (Wildman–Crippen LogP) is 1.96. The molecule has 0 fully saturated rings. The van der Waals surface area contributed by atoms with Gasteiger partial charge in [-0.25, -0.2) is 4.39 Å². The van der Waals surface area contributed by atoms with Gasteiger partial charge in [0.25, 0.3) is 5.91 Å². The highest BCUT2D eigenvalue weighted by atomic mass is 19.1. The highest BCUT2D eigenvalue weighted by Crippen LogP contribution is 2.17. The summed E-state index contributed by atoms with van der Waals surface area (Å²) in [5, 5.41) is 6.11. The molecule has 17 heavy (non-hydrogen) atoms. The number of nitrogen functional groups attached to an aromatic ring is 1. The lowest BCUT2D eigenvalue weighted by molar-refractivity contribution is 0.0988. The molecule has 0 aliphatic carbocycles. The average molecular weight is 235 g/mol. The van der Waals surface area contributed by atoms with Crippen LogP contribution in [0.15, 0.2) is 28.8 Å². The van der Waals surface area contributed by atoms with E-state index in [0.29, 0.717) is 11.4 Å². The summed E-state index contributed by atoms with van der Waals surface area (Å²) in [5.74, 6) is -0.902. The lowest BCUT2D eigenvalue weighted by Gasteiger charge is -2.03. The minimum atomic E-state index is -0.529.